The predicted molar refractivity (Wildman–Crippen MR) is 86.9 cm³/mol. The highest BCUT2D eigenvalue weighted by Gasteiger charge is 2.14. The van der Waals surface area contributed by atoms with Gasteiger partial charge in [-0.25, -0.2) is 0 Å². The van der Waals surface area contributed by atoms with Gasteiger partial charge in [-0.2, -0.15) is 5.10 Å². The average Bonchev–Trinajstić information content (AvgIpc) is 2.78. The van der Waals surface area contributed by atoms with E-state index >= 15 is 0 Å². The molecule has 0 aliphatic rings. The monoisotopic (exact) mass is 394 g/mol. The molecular formula is C12H16ClIN4O. The lowest BCUT2D eigenvalue weighted by Crippen LogP contribution is -2.37. The molecule has 1 amide bonds. The fourth-order valence-corrected chi connectivity index (χ4v) is 2.08. The molecule has 0 fully saturated rings. The molecule has 0 radical (unpaired) electrons. The quantitative estimate of drug-likeness (QED) is 0.694. The molecular weight excluding hydrogens is 379 g/mol. The fourth-order valence-electron chi connectivity index (χ4n) is 1.59. The highest BCUT2D eigenvalue weighted by atomic mass is 127. The van der Waals surface area contributed by atoms with E-state index in [9.17, 15) is 4.79 Å². The van der Waals surface area contributed by atoms with E-state index < -0.39 is 0 Å². The van der Waals surface area contributed by atoms with E-state index in [-0.39, 0.29) is 24.4 Å². The first kappa shape index (κ1) is 16.2. The number of nitrogens with one attached hydrogen (secondary N) is 3. The van der Waals surface area contributed by atoms with Crippen molar-refractivity contribution in [3.63, 3.8) is 0 Å². The summed E-state index contributed by atoms with van der Waals surface area (Å²) in [6, 6.07) is 6.10. The summed E-state index contributed by atoms with van der Waals surface area (Å²) in [4.78, 5) is 12.0. The van der Waals surface area contributed by atoms with E-state index in [2.05, 4.69) is 43.4 Å². The minimum absolute atomic E-state index is 0. The molecule has 104 valence electrons. The first-order valence-corrected chi connectivity index (χ1v) is 6.78. The number of halogens is 2. The molecule has 1 heterocycles. The van der Waals surface area contributed by atoms with Crippen LogP contribution in [0.4, 0.5) is 0 Å². The maximum absolute atomic E-state index is 12.0. The molecule has 1 aromatic carbocycles. The molecule has 0 saturated carbocycles. The van der Waals surface area contributed by atoms with Crippen LogP contribution in [-0.2, 0) is 0 Å². The molecule has 0 saturated heterocycles. The highest BCUT2D eigenvalue weighted by Crippen LogP contribution is 2.18. The van der Waals surface area contributed by atoms with Gasteiger partial charge in [-0.05, 0) is 54.8 Å². The van der Waals surface area contributed by atoms with Crippen LogP contribution in [0.2, 0.25) is 0 Å². The molecule has 1 aromatic heterocycles. The van der Waals surface area contributed by atoms with Crippen molar-refractivity contribution >= 4 is 51.8 Å². The van der Waals surface area contributed by atoms with Crippen LogP contribution in [0.5, 0.6) is 0 Å². The lowest BCUT2D eigenvalue weighted by atomic mass is 10.2. The van der Waals surface area contributed by atoms with Crippen molar-refractivity contribution < 1.29 is 4.79 Å². The van der Waals surface area contributed by atoms with Crippen LogP contribution in [0, 0.1) is 3.57 Å². The van der Waals surface area contributed by atoms with Gasteiger partial charge in [-0.3, -0.25) is 9.89 Å². The van der Waals surface area contributed by atoms with Gasteiger partial charge in [0, 0.05) is 21.5 Å². The first-order chi connectivity index (χ1) is 8.61. The van der Waals surface area contributed by atoms with Gasteiger partial charge in [-0.15, -0.1) is 12.4 Å². The summed E-state index contributed by atoms with van der Waals surface area (Å²) < 4.78 is 1.08. The Balaban J connectivity index is 0.00000180. The predicted octanol–water partition coefficient (Wildman–Crippen LogP) is 1.93. The number of hydrogen-bond donors (Lipinski definition) is 3. The molecule has 19 heavy (non-hydrogen) atoms. The number of aromatic amines is 1. The largest absolute Gasteiger partial charge is 0.349 e. The molecule has 7 heteroatoms. The normalized spacial score (nSPS) is 11.9. The van der Waals surface area contributed by atoms with Crippen LogP contribution < -0.4 is 10.6 Å². The Kier molecular flexibility index (Phi) is 6.02. The zero-order valence-electron chi connectivity index (χ0n) is 10.7. The second-order valence-electron chi connectivity index (χ2n) is 4.16. The number of benzene rings is 1. The van der Waals surface area contributed by atoms with Gasteiger partial charge in [0.15, 0.2) is 5.69 Å². The van der Waals surface area contributed by atoms with Gasteiger partial charge in [0.05, 0.1) is 5.52 Å². The van der Waals surface area contributed by atoms with E-state index in [4.69, 9.17) is 0 Å². The lowest BCUT2D eigenvalue weighted by Gasteiger charge is -2.10. The average molecular weight is 395 g/mol. The number of H-pyrrole nitrogens is 1. The Morgan fingerprint density at radius 3 is 2.95 bits per heavy atom. The fraction of sp³-hybridized carbons (Fsp3) is 0.333. The number of likely N-dealkylation sites (N-methyl/N-ethyl adjacent to an activating group) is 1. The minimum Gasteiger partial charge on any atom is -0.349 e. The van der Waals surface area contributed by atoms with Crippen LogP contribution in [0.15, 0.2) is 18.2 Å². The third kappa shape index (κ3) is 3.80. The van der Waals surface area contributed by atoms with Gasteiger partial charge in [-0.1, -0.05) is 0 Å². The molecule has 0 spiro atoms. The molecule has 0 aliphatic carbocycles. The Hall–Kier alpha value is -0.860. The van der Waals surface area contributed by atoms with Crippen LogP contribution in [0.25, 0.3) is 10.9 Å². The van der Waals surface area contributed by atoms with E-state index in [1.165, 1.54) is 0 Å². The Morgan fingerprint density at radius 1 is 1.53 bits per heavy atom. The number of aromatic nitrogens is 2. The number of nitrogens with zero attached hydrogens (tertiary/aromatic N) is 1. The minimum atomic E-state index is -0.148. The van der Waals surface area contributed by atoms with E-state index in [0.29, 0.717) is 12.2 Å². The number of hydrogen-bond acceptors (Lipinski definition) is 3. The summed E-state index contributed by atoms with van der Waals surface area (Å²) in [6.07, 6.45) is 0. The van der Waals surface area contributed by atoms with Crippen LogP contribution in [0.1, 0.15) is 17.4 Å². The number of carbonyl (C=O) groups is 1. The van der Waals surface area contributed by atoms with Gasteiger partial charge in [0.25, 0.3) is 5.91 Å². The second-order valence-corrected chi connectivity index (χ2v) is 5.41. The van der Waals surface area contributed by atoms with Gasteiger partial charge in [0.2, 0.25) is 0 Å². The number of rotatable bonds is 4. The standard InChI is InChI=1S/C12H15IN4O.ClH/c1-7(14-2)6-15-12(18)11-9-5-8(13)3-4-10(9)16-17-11;/h3-5,7,14H,6H2,1-2H3,(H,15,18)(H,16,17);1H. The molecule has 2 aromatic rings. The van der Waals surface area contributed by atoms with Crippen molar-refractivity contribution in [2.45, 2.75) is 13.0 Å². The topological polar surface area (TPSA) is 69.8 Å². The molecule has 1 unspecified atom stereocenters. The summed E-state index contributed by atoms with van der Waals surface area (Å²) in [5.74, 6) is -0.148. The highest BCUT2D eigenvalue weighted by molar-refractivity contribution is 14.1. The molecule has 5 nitrogen and oxygen atoms in total. The van der Waals surface area contributed by atoms with Crippen LogP contribution >= 0.6 is 35.0 Å². The Morgan fingerprint density at radius 2 is 2.26 bits per heavy atom. The maximum atomic E-state index is 12.0. The molecule has 0 bridgehead atoms. The Labute approximate surface area is 131 Å². The number of carbonyl (C=O) groups excluding carboxylic acids is 1. The van der Waals surface area contributed by atoms with E-state index in [0.717, 1.165) is 14.5 Å². The van der Waals surface area contributed by atoms with Crippen molar-refractivity contribution in [3.8, 4) is 0 Å². The smallest absolute Gasteiger partial charge is 0.272 e. The van der Waals surface area contributed by atoms with Crippen molar-refractivity contribution in [1.82, 2.24) is 20.8 Å². The second kappa shape index (κ2) is 7.06. The van der Waals surface area contributed by atoms with Gasteiger partial charge >= 0.3 is 0 Å². The van der Waals surface area contributed by atoms with Crippen molar-refractivity contribution in [3.05, 3.63) is 27.5 Å². The summed E-state index contributed by atoms with van der Waals surface area (Å²) in [7, 11) is 1.86. The zero-order valence-corrected chi connectivity index (χ0v) is 13.6. The number of fused-ring (bicyclic) bond motifs is 1. The van der Waals surface area contributed by atoms with Crippen LogP contribution in [0.3, 0.4) is 0 Å². The molecule has 2 rings (SSSR count). The van der Waals surface area contributed by atoms with E-state index in [1.807, 2.05) is 32.2 Å². The third-order valence-corrected chi connectivity index (χ3v) is 3.47. The lowest BCUT2D eigenvalue weighted by molar-refractivity contribution is 0.0947. The molecule has 3 N–H and O–H groups in total. The van der Waals surface area contributed by atoms with Crippen molar-refractivity contribution in [2.75, 3.05) is 13.6 Å². The van der Waals surface area contributed by atoms with E-state index in [1.54, 1.807) is 0 Å². The summed E-state index contributed by atoms with van der Waals surface area (Å²) in [5.41, 5.74) is 1.33. The summed E-state index contributed by atoms with van der Waals surface area (Å²) in [5, 5.41) is 13.7. The summed E-state index contributed by atoms with van der Waals surface area (Å²) in [6.45, 7) is 2.58. The first-order valence-electron chi connectivity index (χ1n) is 5.71. The maximum Gasteiger partial charge on any atom is 0.272 e. The van der Waals surface area contributed by atoms with Crippen LogP contribution in [-0.4, -0.2) is 35.7 Å². The zero-order chi connectivity index (χ0) is 13.1. The number of amides is 1. The SMILES string of the molecule is CNC(C)CNC(=O)c1n[nH]c2ccc(I)cc12.Cl. The molecule has 0 aliphatic heterocycles. The Bertz CT molecular complexity index is 572. The summed E-state index contributed by atoms with van der Waals surface area (Å²) >= 11 is 2.22. The van der Waals surface area contributed by atoms with Crippen molar-refractivity contribution in [1.29, 1.82) is 0 Å². The molecule has 1 atom stereocenters. The van der Waals surface area contributed by atoms with Crippen molar-refractivity contribution in [2.24, 2.45) is 0 Å². The van der Waals surface area contributed by atoms with Gasteiger partial charge in [0.1, 0.15) is 0 Å². The van der Waals surface area contributed by atoms with Gasteiger partial charge < -0.3 is 10.6 Å². The third-order valence-electron chi connectivity index (χ3n) is 2.80.